The number of rotatable bonds is 4. The molecule has 2 aromatic carbocycles. The Morgan fingerprint density at radius 1 is 1.19 bits per heavy atom. The molecule has 4 aromatic rings. The fraction of sp³-hybridized carbons (Fsp3) is 0.158. The average Bonchev–Trinajstić information content (AvgIpc) is 2.99. The van der Waals surface area contributed by atoms with Gasteiger partial charge in [0.1, 0.15) is 11.3 Å². The maximum Gasteiger partial charge on any atom is 0.258 e. The number of nitrogens with zero attached hydrogens (tertiary/aromatic N) is 3. The van der Waals surface area contributed by atoms with Gasteiger partial charge >= 0.3 is 0 Å². The van der Waals surface area contributed by atoms with Gasteiger partial charge in [0, 0.05) is 16.5 Å². The maximum absolute atomic E-state index is 12.4. The summed E-state index contributed by atoms with van der Waals surface area (Å²) in [5, 5.41) is 11.9. The van der Waals surface area contributed by atoms with Crippen molar-refractivity contribution in [3.63, 3.8) is 0 Å². The Morgan fingerprint density at radius 2 is 2.08 bits per heavy atom. The Hall–Kier alpha value is -3.48. The summed E-state index contributed by atoms with van der Waals surface area (Å²) in [6, 6.07) is 13.0. The van der Waals surface area contributed by atoms with Crippen molar-refractivity contribution in [3.8, 4) is 5.75 Å². The molecule has 0 radical (unpaired) electrons. The second kappa shape index (κ2) is 6.44. The van der Waals surface area contributed by atoms with Crippen molar-refractivity contribution in [1.29, 1.82) is 0 Å². The topological polar surface area (TPSA) is 92.8 Å². The van der Waals surface area contributed by atoms with Crippen molar-refractivity contribution in [2.75, 3.05) is 11.9 Å². The first kappa shape index (κ1) is 16.0. The molecule has 0 unspecified atom stereocenters. The monoisotopic (exact) mass is 347 g/mol. The van der Waals surface area contributed by atoms with Crippen molar-refractivity contribution in [2.24, 2.45) is 0 Å². The summed E-state index contributed by atoms with van der Waals surface area (Å²) in [6.07, 6.45) is 0. The van der Waals surface area contributed by atoms with Gasteiger partial charge in [0.15, 0.2) is 5.65 Å². The first-order valence-corrected chi connectivity index (χ1v) is 8.31. The predicted molar refractivity (Wildman–Crippen MR) is 99.5 cm³/mol. The zero-order valence-electron chi connectivity index (χ0n) is 14.4. The molecule has 2 N–H and O–H groups in total. The number of aromatic nitrogens is 4. The van der Waals surface area contributed by atoms with E-state index >= 15 is 0 Å². The number of carbonyl (C=O) groups is 1. The minimum Gasteiger partial charge on any atom is -0.494 e. The first-order valence-electron chi connectivity index (χ1n) is 8.31. The van der Waals surface area contributed by atoms with Crippen LogP contribution >= 0.6 is 0 Å². The quantitative estimate of drug-likeness (QED) is 0.590. The molecule has 2 heterocycles. The number of aromatic amines is 1. The van der Waals surface area contributed by atoms with Crippen LogP contribution in [0, 0.1) is 6.92 Å². The molecule has 1 amide bonds. The smallest absolute Gasteiger partial charge is 0.258 e. The number of amides is 1. The molecule has 7 heteroatoms. The number of H-pyrrole nitrogens is 1. The molecule has 0 aliphatic heterocycles. The van der Waals surface area contributed by atoms with E-state index < -0.39 is 0 Å². The standard InChI is InChI=1S/C19H17N5O2/c1-3-26-13-6-4-5-12(10-13)18(25)22-19-21-17-16(23-24-19)14-9-11(2)7-8-15(14)20-17/h4-10H,3H2,1-2H3,(H2,20,21,22,24,25). The Kier molecular flexibility index (Phi) is 3.96. The SMILES string of the molecule is CCOc1cccc(C(=O)Nc2nnc3c(n2)[nH]c2ccc(C)cc23)c1. The number of hydrogen-bond donors (Lipinski definition) is 2. The van der Waals surface area contributed by atoms with E-state index in [1.807, 2.05) is 32.0 Å². The third kappa shape index (κ3) is 2.95. The second-order valence-corrected chi connectivity index (χ2v) is 5.92. The molecule has 0 saturated heterocycles. The molecule has 0 spiro atoms. The van der Waals surface area contributed by atoms with Crippen molar-refractivity contribution in [1.82, 2.24) is 20.2 Å². The number of carbonyl (C=O) groups excluding carboxylic acids is 1. The van der Waals surface area contributed by atoms with Gasteiger partial charge in [0.05, 0.1) is 6.61 Å². The lowest BCUT2D eigenvalue weighted by Crippen LogP contribution is -2.14. The zero-order chi connectivity index (χ0) is 18.1. The molecule has 0 saturated carbocycles. The predicted octanol–water partition coefficient (Wildman–Crippen LogP) is 3.47. The summed E-state index contributed by atoms with van der Waals surface area (Å²) in [5.74, 6) is 0.466. The van der Waals surface area contributed by atoms with Crippen LogP contribution in [0.4, 0.5) is 5.95 Å². The highest BCUT2D eigenvalue weighted by Crippen LogP contribution is 2.23. The summed E-state index contributed by atoms with van der Waals surface area (Å²) >= 11 is 0. The van der Waals surface area contributed by atoms with Gasteiger partial charge in [-0.15, -0.1) is 10.2 Å². The molecular formula is C19H17N5O2. The van der Waals surface area contributed by atoms with Crippen molar-refractivity contribution in [3.05, 3.63) is 53.6 Å². The molecule has 0 fully saturated rings. The summed E-state index contributed by atoms with van der Waals surface area (Å²) in [7, 11) is 0. The Balaban J connectivity index is 1.63. The van der Waals surface area contributed by atoms with E-state index in [1.165, 1.54) is 0 Å². The van der Waals surface area contributed by atoms with Crippen molar-refractivity contribution >= 4 is 33.9 Å². The van der Waals surface area contributed by atoms with Gasteiger partial charge in [-0.3, -0.25) is 10.1 Å². The van der Waals surface area contributed by atoms with Gasteiger partial charge in [0.2, 0.25) is 0 Å². The summed E-state index contributed by atoms with van der Waals surface area (Å²) in [4.78, 5) is 20.0. The Morgan fingerprint density at radius 3 is 2.92 bits per heavy atom. The maximum atomic E-state index is 12.4. The minimum absolute atomic E-state index is 0.146. The van der Waals surface area contributed by atoms with E-state index in [0.29, 0.717) is 29.1 Å². The summed E-state index contributed by atoms with van der Waals surface area (Å²) in [6.45, 7) is 4.45. The second-order valence-electron chi connectivity index (χ2n) is 5.92. The lowest BCUT2D eigenvalue weighted by Gasteiger charge is -2.06. The van der Waals surface area contributed by atoms with E-state index in [-0.39, 0.29) is 11.9 Å². The van der Waals surface area contributed by atoms with Crippen LogP contribution in [-0.2, 0) is 0 Å². The molecule has 0 bridgehead atoms. The number of aryl methyl sites for hydroxylation is 1. The zero-order valence-corrected chi connectivity index (χ0v) is 14.4. The van der Waals surface area contributed by atoms with Gasteiger partial charge < -0.3 is 9.72 Å². The molecule has 130 valence electrons. The Bertz CT molecular complexity index is 1120. The minimum atomic E-state index is -0.320. The fourth-order valence-electron chi connectivity index (χ4n) is 2.81. The van der Waals surface area contributed by atoms with Gasteiger partial charge in [-0.05, 0) is 44.2 Å². The van der Waals surface area contributed by atoms with Crippen LogP contribution < -0.4 is 10.1 Å². The van der Waals surface area contributed by atoms with Gasteiger partial charge in [0.25, 0.3) is 11.9 Å². The number of nitrogens with one attached hydrogen (secondary N) is 2. The van der Waals surface area contributed by atoms with Gasteiger partial charge in [-0.25, -0.2) is 0 Å². The van der Waals surface area contributed by atoms with Crippen LogP contribution in [-0.4, -0.2) is 32.7 Å². The van der Waals surface area contributed by atoms with Crippen LogP contribution in [0.2, 0.25) is 0 Å². The van der Waals surface area contributed by atoms with Crippen molar-refractivity contribution < 1.29 is 9.53 Å². The van der Waals surface area contributed by atoms with Crippen LogP contribution in [0.3, 0.4) is 0 Å². The third-order valence-corrected chi connectivity index (χ3v) is 4.00. The first-order chi connectivity index (χ1) is 12.6. The third-order valence-electron chi connectivity index (χ3n) is 4.00. The highest BCUT2D eigenvalue weighted by Gasteiger charge is 2.13. The molecule has 2 aromatic heterocycles. The lowest BCUT2D eigenvalue weighted by molar-refractivity contribution is 0.102. The Labute approximate surface area is 149 Å². The number of anilines is 1. The van der Waals surface area contributed by atoms with E-state index in [2.05, 4.69) is 25.5 Å². The number of fused-ring (bicyclic) bond motifs is 3. The van der Waals surface area contributed by atoms with E-state index in [0.717, 1.165) is 16.5 Å². The normalized spacial score (nSPS) is 11.0. The molecule has 0 atom stereocenters. The largest absolute Gasteiger partial charge is 0.494 e. The van der Waals surface area contributed by atoms with Gasteiger partial charge in [-0.2, -0.15) is 4.98 Å². The van der Waals surface area contributed by atoms with Gasteiger partial charge in [-0.1, -0.05) is 17.7 Å². The molecule has 26 heavy (non-hydrogen) atoms. The molecule has 7 nitrogen and oxygen atoms in total. The highest BCUT2D eigenvalue weighted by atomic mass is 16.5. The van der Waals surface area contributed by atoms with E-state index in [4.69, 9.17) is 4.74 Å². The molecule has 0 aliphatic carbocycles. The number of hydrogen-bond acceptors (Lipinski definition) is 5. The molecule has 0 aliphatic rings. The van der Waals surface area contributed by atoms with Crippen LogP contribution in [0.25, 0.3) is 22.1 Å². The fourth-order valence-corrected chi connectivity index (χ4v) is 2.81. The summed E-state index contributed by atoms with van der Waals surface area (Å²) < 4.78 is 5.42. The lowest BCUT2D eigenvalue weighted by atomic mass is 10.2. The van der Waals surface area contributed by atoms with Crippen LogP contribution in [0.15, 0.2) is 42.5 Å². The van der Waals surface area contributed by atoms with E-state index in [9.17, 15) is 4.79 Å². The van der Waals surface area contributed by atoms with Crippen LogP contribution in [0.5, 0.6) is 5.75 Å². The van der Waals surface area contributed by atoms with Crippen LogP contribution in [0.1, 0.15) is 22.8 Å². The van der Waals surface area contributed by atoms with E-state index in [1.54, 1.807) is 24.3 Å². The summed E-state index contributed by atoms with van der Waals surface area (Å²) in [5.41, 5.74) is 3.79. The molecule has 4 rings (SSSR count). The number of benzene rings is 2. The molecular weight excluding hydrogens is 330 g/mol. The number of ether oxygens (including phenoxy) is 1. The average molecular weight is 347 g/mol. The highest BCUT2D eigenvalue weighted by molar-refractivity contribution is 6.05. The van der Waals surface area contributed by atoms with Crippen molar-refractivity contribution in [2.45, 2.75) is 13.8 Å².